The molecule has 144 valence electrons. The Labute approximate surface area is 159 Å². The number of carbonyl (C=O) groups excluding carboxylic acids is 1. The van der Waals surface area contributed by atoms with E-state index < -0.39 is 0 Å². The summed E-state index contributed by atoms with van der Waals surface area (Å²) in [5.41, 5.74) is 0.539. The third-order valence-corrected chi connectivity index (χ3v) is 6.32. The van der Waals surface area contributed by atoms with Crippen LogP contribution in [-0.2, 0) is 11.3 Å². The number of para-hydroxylation sites is 1. The third-order valence-electron chi connectivity index (χ3n) is 6.32. The average molecular weight is 368 g/mol. The minimum atomic E-state index is -0.140. The van der Waals surface area contributed by atoms with Crippen molar-refractivity contribution < 1.29 is 4.79 Å². The Bertz CT molecular complexity index is 893. The first-order valence-electron chi connectivity index (χ1n) is 9.95. The van der Waals surface area contributed by atoms with E-state index in [-0.39, 0.29) is 17.5 Å². The second kappa shape index (κ2) is 7.43. The average Bonchev–Trinajstić information content (AvgIpc) is 3.24. The van der Waals surface area contributed by atoms with Crippen LogP contribution in [0.3, 0.4) is 0 Å². The highest BCUT2D eigenvalue weighted by Gasteiger charge is 2.42. The maximum atomic E-state index is 12.5. The molecule has 27 heavy (non-hydrogen) atoms. The smallest absolute Gasteiger partial charge is 0.258 e. The summed E-state index contributed by atoms with van der Waals surface area (Å²) in [6.45, 7) is 2.86. The summed E-state index contributed by atoms with van der Waals surface area (Å²) in [7, 11) is 1.87. The van der Waals surface area contributed by atoms with Crippen molar-refractivity contribution in [2.24, 2.45) is 17.8 Å². The Balaban J connectivity index is 1.33. The quantitative estimate of drug-likeness (QED) is 0.820. The van der Waals surface area contributed by atoms with Gasteiger partial charge >= 0.3 is 0 Å². The Hall–Kier alpha value is -2.21. The first kappa shape index (κ1) is 18.2. The molecule has 1 amide bonds. The number of benzene rings is 1. The Kier molecular flexibility index (Phi) is 5.00. The van der Waals surface area contributed by atoms with E-state index in [0.717, 1.165) is 11.8 Å². The van der Waals surface area contributed by atoms with Crippen LogP contribution in [0.2, 0.25) is 0 Å². The fraction of sp³-hybridized carbons (Fsp3) is 0.571. The zero-order valence-electron chi connectivity index (χ0n) is 16.1. The zero-order chi connectivity index (χ0) is 19.0. The van der Waals surface area contributed by atoms with E-state index in [2.05, 4.69) is 22.2 Å². The van der Waals surface area contributed by atoms with Crippen molar-refractivity contribution in [1.29, 1.82) is 0 Å². The molecule has 0 aliphatic heterocycles. The molecule has 1 heterocycles. The largest absolute Gasteiger partial charge is 0.352 e. The maximum absolute atomic E-state index is 12.5. The van der Waals surface area contributed by atoms with Crippen molar-refractivity contribution in [2.75, 3.05) is 13.6 Å². The monoisotopic (exact) mass is 368 g/mol. The lowest BCUT2D eigenvalue weighted by Crippen LogP contribution is -2.44. The third kappa shape index (κ3) is 3.90. The van der Waals surface area contributed by atoms with Crippen molar-refractivity contribution in [1.82, 2.24) is 20.2 Å². The molecule has 2 fully saturated rings. The van der Waals surface area contributed by atoms with Crippen LogP contribution in [0.5, 0.6) is 0 Å². The topological polar surface area (TPSA) is 78.1 Å². The van der Waals surface area contributed by atoms with Gasteiger partial charge in [0.15, 0.2) is 0 Å². The lowest BCUT2D eigenvalue weighted by Gasteiger charge is -2.29. The minimum absolute atomic E-state index is 0.0379. The lowest BCUT2D eigenvalue weighted by molar-refractivity contribution is -0.123. The maximum Gasteiger partial charge on any atom is 0.258 e. The molecule has 2 aliphatic carbocycles. The second-order valence-electron chi connectivity index (χ2n) is 8.40. The standard InChI is InChI=1S/C21H28N4O2/c1-13(17-10-14-7-8-15(17)9-14)22-20(26)12-25(2)11-19-23-18-6-4-3-5-16(18)21(27)24-19/h3-6,13-15,17H,7-12H2,1-2H3,(H,22,26)(H,23,24,27)/t13-,14-,15-,17+/m0/s1. The Morgan fingerprint density at radius 3 is 2.89 bits per heavy atom. The van der Waals surface area contributed by atoms with Crippen molar-refractivity contribution in [3.63, 3.8) is 0 Å². The minimum Gasteiger partial charge on any atom is -0.352 e. The SMILES string of the molecule is C[C@H](NC(=O)CN(C)Cc1nc2ccccc2c(=O)[nH]1)[C@H]1C[C@H]2CC[C@H]1C2. The normalized spacial score (nSPS) is 25.2. The highest BCUT2D eigenvalue weighted by Crippen LogP contribution is 2.49. The molecule has 1 aromatic carbocycles. The molecule has 1 aromatic heterocycles. The van der Waals surface area contributed by atoms with Crippen molar-refractivity contribution in [3.8, 4) is 0 Å². The van der Waals surface area contributed by atoms with Crippen molar-refractivity contribution in [3.05, 3.63) is 40.4 Å². The van der Waals surface area contributed by atoms with Crippen LogP contribution in [0.15, 0.2) is 29.1 Å². The van der Waals surface area contributed by atoms with Gasteiger partial charge in [0.05, 0.1) is 24.0 Å². The molecule has 6 nitrogen and oxygen atoms in total. The van der Waals surface area contributed by atoms with E-state index >= 15 is 0 Å². The van der Waals surface area contributed by atoms with Gasteiger partial charge in [0.1, 0.15) is 5.82 Å². The number of amides is 1. The van der Waals surface area contributed by atoms with Gasteiger partial charge in [0.25, 0.3) is 5.56 Å². The van der Waals surface area contributed by atoms with Gasteiger partial charge in [-0.3, -0.25) is 14.5 Å². The number of aromatic amines is 1. The molecule has 0 spiro atoms. The predicted octanol–water partition coefficient (Wildman–Crippen LogP) is 2.30. The summed E-state index contributed by atoms with van der Waals surface area (Å²) < 4.78 is 0. The van der Waals surface area contributed by atoms with Gasteiger partial charge in [0, 0.05) is 6.04 Å². The number of rotatable bonds is 6. The number of nitrogens with one attached hydrogen (secondary N) is 2. The van der Waals surface area contributed by atoms with Crippen LogP contribution in [0.25, 0.3) is 10.9 Å². The summed E-state index contributed by atoms with van der Waals surface area (Å²) in [4.78, 5) is 33.8. The van der Waals surface area contributed by atoms with Gasteiger partial charge < -0.3 is 10.3 Å². The van der Waals surface area contributed by atoms with Crippen LogP contribution in [0.4, 0.5) is 0 Å². The van der Waals surface area contributed by atoms with E-state index in [1.165, 1.54) is 25.7 Å². The molecule has 2 aliphatic rings. The second-order valence-corrected chi connectivity index (χ2v) is 8.40. The first-order chi connectivity index (χ1) is 13.0. The highest BCUT2D eigenvalue weighted by atomic mass is 16.2. The van der Waals surface area contributed by atoms with Gasteiger partial charge in [-0.2, -0.15) is 0 Å². The number of carbonyl (C=O) groups is 1. The van der Waals surface area contributed by atoms with Crippen molar-refractivity contribution in [2.45, 2.75) is 45.2 Å². The molecular formula is C21H28N4O2. The van der Waals surface area contributed by atoms with Gasteiger partial charge in [0.2, 0.25) is 5.91 Å². The van der Waals surface area contributed by atoms with Crippen LogP contribution in [0.1, 0.15) is 38.4 Å². The molecule has 6 heteroatoms. The number of H-pyrrole nitrogens is 1. The van der Waals surface area contributed by atoms with E-state index in [0.29, 0.717) is 35.7 Å². The van der Waals surface area contributed by atoms with Crippen LogP contribution >= 0.6 is 0 Å². The van der Waals surface area contributed by atoms with E-state index in [4.69, 9.17) is 0 Å². The summed E-state index contributed by atoms with van der Waals surface area (Å²) in [6, 6.07) is 7.52. The van der Waals surface area contributed by atoms with Gasteiger partial charge in [-0.25, -0.2) is 4.98 Å². The summed E-state index contributed by atoms with van der Waals surface area (Å²) in [6.07, 6.45) is 5.33. The number of aromatic nitrogens is 2. The fourth-order valence-corrected chi connectivity index (χ4v) is 5.08. The molecule has 2 N–H and O–H groups in total. The number of hydrogen-bond acceptors (Lipinski definition) is 4. The van der Waals surface area contributed by atoms with Gasteiger partial charge in [-0.05, 0) is 63.1 Å². The molecule has 0 unspecified atom stereocenters. The summed E-state index contributed by atoms with van der Waals surface area (Å²) in [5.74, 6) is 2.94. The number of fused-ring (bicyclic) bond motifs is 3. The molecule has 0 radical (unpaired) electrons. The fourth-order valence-electron chi connectivity index (χ4n) is 5.08. The van der Waals surface area contributed by atoms with Crippen LogP contribution in [0, 0.1) is 17.8 Å². The Morgan fingerprint density at radius 1 is 1.33 bits per heavy atom. The number of likely N-dealkylation sites (N-methyl/N-ethyl adjacent to an activating group) is 1. The molecule has 2 bridgehead atoms. The molecule has 2 aromatic rings. The van der Waals surface area contributed by atoms with Crippen LogP contribution < -0.4 is 10.9 Å². The van der Waals surface area contributed by atoms with E-state index in [1.54, 1.807) is 6.07 Å². The van der Waals surface area contributed by atoms with E-state index in [9.17, 15) is 9.59 Å². The van der Waals surface area contributed by atoms with E-state index in [1.807, 2.05) is 30.1 Å². The number of hydrogen-bond donors (Lipinski definition) is 2. The predicted molar refractivity (Wildman–Crippen MR) is 105 cm³/mol. The summed E-state index contributed by atoms with van der Waals surface area (Å²) >= 11 is 0. The van der Waals surface area contributed by atoms with Gasteiger partial charge in [-0.1, -0.05) is 18.6 Å². The summed E-state index contributed by atoms with van der Waals surface area (Å²) in [5, 5.41) is 3.78. The van der Waals surface area contributed by atoms with Gasteiger partial charge in [-0.15, -0.1) is 0 Å². The van der Waals surface area contributed by atoms with Crippen molar-refractivity contribution >= 4 is 16.8 Å². The molecule has 0 saturated heterocycles. The molecule has 4 rings (SSSR count). The lowest BCUT2D eigenvalue weighted by atomic mass is 9.84. The molecule has 2 saturated carbocycles. The highest BCUT2D eigenvalue weighted by molar-refractivity contribution is 5.78. The van der Waals surface area contributed by atoms with Crippen LogP contribution in [-0.4, -0.2) is 40.4 Å². The first-order valence-corrected chi connectivity index (χ1v) is 9.95. The molecular weight excluding hydrogens is 340 g/mol. The Morgan fingerprint density at radius 2 is 2.15 bits per heavy atom. The molecule has 4 atom stereocenters. The number of nitrogens with zero attached hydrogens (tertiary/aromatic N) is 2. The zero-order valence-corrected chi connectivity index (χ0v) is 16.1.